The number of aryl methyl sites for hydroxylation is 1. The zero-order chi connectivity index (χ0) is 17.3. The van der Waals surface area contributed by atoms with Crippen molar-refractivity contribution in [3.63, 3.8) is 0 Å². The average molecular weight is 329 g/mol. The SMILES string of the molecule is Cc1cccc2nc(C(=O)OCC(=O)N3C(C)CCCC3C)cn12. The summed E-state index contributed by atoms with van der Waals surface area (Å²) in [7, 11) is 0. The Morgan fingerprint density at radius 2 is 1.96 bits per heavy atom. The lowest BCUT2D eigenvalue weighted by Gasteiger charge is -2.38. The molecule has 1 saturated heterocycles. The number of aromatic nitrogens is 2. The monoisotopic (exact) mass is 329 g/mol. The molecule has 0 spiro atoms. The lowest BCUT2D eigenvalue weighted by molar-refractivity contribution is -0.140. The first kappa shape index (κ1) is 16.5. The van der Waals surface area contributed by atoms with Gasteiger partial charge in [0.1, 0.15) is 5.65 Å². The number of fused-ring (bicyclic) bond motifs is 1. The summed E-state index contributed by atoms with van der Waals surface area (Å²) in [5.74, 6) is -0.702. The number of imidazole rings is 1. The molecule has 0 aliphatic carbocycles. The summed E-state index contributed by atoms with van der Waals surface area (Å²) in [6, 6.07) is 6.03. The molecule has 0 bridgehead atoms. The number of hydrogen-bond acceptors (Lipinski definition) is 4. The van der Waals surface area contributed by atoms with Gasteiger partial charge in [-0.2, -0.15) is 0 Å². The highest BCUT2D eigenvalue weighted by atomic mass is 16.5. The molecule has 0 N–H and O–H groups in total. The Balaban J connectivity index is 1.66. The molecule has 128 valence electrons. The molecule has 24 heavy (non-hydrogen) atoms. The van der Waals surface area contributed by atoms with E-state index >= 15 is 0 Å². The molecule has 1 aliphatic rings. The van der Waals surface area contributed by atoms with Crippen molar-refractivity contribution in [2.45, 2.75) is 52.1 Å². The van der Waals surface area contributed by atoms with Crippen molar-refractivity contribution in [3.05, 3.63) is 35.8 Å². The third-order valence-electron chi connectivity index (χ3n) is 4.71. The summed E-state index contributed by atoms with van der Waals surface area (Å²) in [6.07, 6.45) is 4.77. The zero-order valence-electron chi connectivity index (χ0n) is 14.4. The summed E-state index contributed by atoms with van der Waals surface area (Å²) < 4.78 is 7.03. The van der Waals surface area contributed by atoms with Crippen LogP contribution in [0.3, 0.4) is 0 Å². The standard InChI is InChI=1S/C18H23N3O3/c1-12-6-5-9-16-19-15(10-20(12)16)18(23)24-11-17(22)21-13(2)7-4-8-14(21)3/h5-6,9-10,13-14H,4,7-8,11H2,1-3H3. The molecule has 2 unspecified atom stereocenters. The first-order valence-corrected chi connectivity index (χ1v) is 8.40. The highest BCUT2D eigenvalue weighted by molar-refractivity contribution is 5.90. The quantitative estimate of drug-likeness (QED) is 0.812. The zero-order valence-corrected chi connectivity index (χ0v) is 14.4. The minimum atomic E-state index is -0.566. The fourth-order valence-electron chi connectivity index (χ4n) is 3.44. The van der Waals surface area contributed by atoms with E-state index in [9.17, 15) is 9.59 Å². The highest BCUT2D eigenvalue weighted by Crippen LogP contribution is 2.22. The molecule has 3 rings (SSSR count). The van der Waals surface area contributed by atoms with Crippen molar-refractivity contribution in [1.29, 1.82) is 0 Å². The molecule has 2 aromatic heterocycles. The molecule has 2 aromatic rings. The van der Waals surface area contributed by atoms with Gasteiger partial charge in [0.15, 0.2) is 12.3 Å². The second-order valence-corrected chi connectivity index (χ2v) is 6.53. The maximum Gasteiger partial charge on any atom is 0.359 e. The number of hydrogen-bond donors (Lipinski definition) is 0. The van der Waals surface area contributed by atoms with Crippen molar-refractivity contribution >= 4 is 17.5 Å². The maximum atomic E-state index is 12.4. The van der Waals surface area contributed by atoms with Crippen LogP contribution < -0.4 is 0 Å². The van der Waals surface area contributed by atoms with E-state index < -0.39 is 5.97 Å². The molecule has 6 heteroatoms. The van der Waals surface area contributed by atoms with Crippen LogP contribution in [0.4, 0.5) is 0 Å². The van der Waals surface area contributed by atoms with Crippen molar-refractivity contribution in [2.24, 2.45) is 0 Å². The van der Waals surface area contributed by atoms with Crippen LogP contribution in [0.25, 0.3) is 5.65 Å². The molecule has 0 saturated carbocycles. The molecule has 1 aliphatic heterocycles. The fourth-order valence-corrected chi connectivity index (χ4v) is 3.44. The average Bonchev–Trinajstić information content (AvgIpc) is 2.98. The van der Waals surface area contributed by atoms with Crippen LogP contribution in [0, 0.1) is 6.92 Å². The van der Waals surface area contributed by atoms with Gasteiger partial charge >= 0.3 is 5.97 Å². The van der Waals surface area contributed by atoms with Crippen LogP contribution in [0.2, 0.25) is 0 Å². The summed E-state index contributed by atoms with van der Waals surface area (Å²) in [5.41, 5.74) is 1.88. The number of likely N-dealkylation sites (tertiary alicyclic amines) is 1. The second-order valence-electron chi connectivity index (χ2n) is 6.53. The van der Waals surface area contributed by atoms with E-state index in [0.29, 0.717) is 5.65 Å². The van der Waals surface area contributed by atoms with Crippen LogP contribution in [0.5, 0.6) is 0 Å². The molecule has 1 amide bonds. The van der Waals surface area contributed by atoms with Gasteiger partial charge in [-0.1, -0.05) is 6.07 Å². The van der Waals surface area contributed by atoms with E-state index in [2.05, 4.69) is 4.98 Å². The van der Waals surface area contributed by atoms with E-state index in [-0.39, 0.29) is 30.3 Å². The van der Waals surface area contributed by atoms with Gasteiger partial charge in [-0.05, 0) is 52.2 Å². The lowest BCUT2D eigenvalue weighted by atomic mass is 9.97. The van der Waals surface area contributed by atoms with E-state index in [4.69, 9.17) is 4.74 Å². The Morgan fingerprint density at radius 3 is 2.62 bits per heavy atom. The Labute approximate surface area is 141 Å². The largest absolute Gasteiger partial charge is 0.451 e. The van der Waals surface area contributed by atoms with Crippen molar-refractivity contribution in [2.75, 3.05) is 6.61 Å². The first-order valence-electron chi connectivity index (χ1n) is 8.40. The van der Waals surface area contributed by atoms with E-state index in [1.54, 1.807) is 6.20 Å². The van der Waals surface area contributed by atoms with E-state index in [1.807, 2.05) is 48.3 Å². The number of piperidine rings is 1. The van der Waals surface area contributed by atoms with Gasteiger partial charge in [0.05, 0.1) is 0 Å². The van der Waals surface area contributed by atoms with Crippen LogP contribution in [-0.2, 0) is 9.53 Å². The summed E-state index contributed by atoms with van der Waals surface area (Å²) >= 11 is 0. The third-order valence-corrected chi connectivity index (χ3v) is 4.71. The molecule has 0 radical (unpaired) electrons. The van der Waals surface area contributed by atoms with Gasteiger partial charge in [0.2, 0.25) is 0 Å². The fraction of sp³-hybridized carbons (Fsp3) is 0.500. The predicted octanol–water partition coefficient (Wildman–Crippen LogP) is 2.59. The molecular formula is C18H23N3O3. The topological polar surface area (TPSA) is 63.9 Å². The molecule has 0 aromatic carbocycles. The minimum absolute atomic E-state index is 0.136. The molecule has 6 nitrogen and oxygen atoms in total. The van der Waals surface area contributed by atoms with Gasteiger partial charge in [0, 0.05) is 24.0 Å². The Morgan fingerprint density at radius 1 is 1.25 bits per heavy atom. The number of nitrogens with zero attached hydrogens (tertiary/aromatic N) is 3. The highest BCUT2D eigenvalue weighted by Gasteiger charge is 2.29. The van der Waals surface area contributed by atoms with Crippen LogP contribution in [0.1, 0.15) is 49.3 Å². The molecular weight excluding hydrogens is 306 g/mol. The van der Waals surface area contributed by atoms with Crippen LogP contribution in [-0.4, -0.2) is 44.9 Å². The summed E-state index contributed by atoms with van der Waals surface area (Å²) in [6.45, 7) is 5.79. The van der Waals surface area contributed by atoms with Crippen LogP contribution in [0.15, 0.2) is 24.4 Å². The number of pyridine rings is 1. The maximum absolute atomic E-state index is 12.4. The van der Waals surface area contributed by atoms with Gasteiger partial charge in [0.25, 0.3) is 5.91 Å². The summed E-state index contributed by atoms with van der Waals surface area (Å²) in [4.78, 5) is 30.7. The second kappa shape index (κ2) is 6.63. The number of ether oxygens (including phenoxy) is 1. The molecule has 2 atom stereocenters. The Hall–Kier alpha value is -2.37. The first-order chi connectivity index (χ1) is 11.5. The number of rotatable bonds is 3. The van der Waals surface area contributed by atoms with Crippen molar-refractivity contribution in [3.8, 4) is 0 Å². The number of carbonyl (C=O) groups excluding carboxylic acids is 2. The molecule has 1 fully saturated rings. The predicted molar refractivity (Wildman–Crippen MR) is 89.8 cm³/mol. The minimum Gasteiger partial charge on any atom is -0.451 e. The Bertz CT molecular complexity index is 758. The van der Waals surface area contributed by atoms with E-state index in [1.165, 1.54) is 0 Å². The van der Waals surface area contributed by atoms with Crippen molar-refractivity contribution in [1.82, 2.24) is 14.3 Å². The van der Waals surface area contributed by atoms with Gasteiger partial charge < -0.3 is 14.0 Å². The smallest absolute Gasteiger partial charge is 0.359 e. The number of esters is 1. The summed E-state index contributed by atoms with van der Waals surface area (Å²) in [5, 5.41) is 0. The van der Waals surface area contributed by atoms with Crippen LogP contribution >= 0.6 is 0 Å². The van der Waals surface area contributed by atoms with E-state index in [0.717, 1.165) is 25.0 Å². The van der Waals surface area contributed by atoms with Gasteiger partial charge in [-0.25, -0.2) is 9.78 Å². The van der Waals surface area contributed by atoms with Gasteiger partial charge in [-0.3, -0.25) is 4.79 Å². The van der Waals surface area contributed by atoms with Crippen molar-refractivity contribution < 1.29 is 14.3 Å². The third kappa shape index (κ3) is 3.13. The normalized spacial score (nSPS) is 21.0. The lowest BCUT2D eigenvalue weighted by Crippen LogP contribution is -2.49. The number of amides is 1. The number of carbonyl (C=O) groups is 2. The Kier molecular flexibility index (Phi) is 4.55. The van der Waals surface area contributed by atoms with Gasteiger partial charge in [-0.15, -0.1) is 0 Å². The molecule has 3 heterocycles.